The third-order valence-corrected chi connectivity index (χ3v) is 5.07. The lowest BCUT2D eigenvalue weighted by molar-refractivity contribution is 0.0536. The van der Waals surface area contributed by atoms with Crippen LogP contribution in [-0.2, 0) is 9.47 Å². The highest BCUT2D eigenvalue weighted by atomic mass is 16.5. The first-order valence-electron chi connectivity index (χ1n) is 10.6. The van der Waals surface area contributed by atoms with Gasteiger partial charge in [-0.15, -0.1) is 0 Å². The second kappa shape index (κ2) is 13.4. The number of rotatable bonds is 12. The summed E-state index contributed by atoms with van der Waals surface area (Å²) in [6.45, 7) is 9.20. The third-order valence-electron chi connectivity index (χ3n) is 5.07. The minimum absolute atomic E-state index is 0.584. The van der Waals surface area contributed by atoms with Crippen molar-refractivity contribution in [3.63, 3.8) is 0 Å². The highest BCUT2D eigenvalue weighted by Crippen LogP contribution is 2.17. The maximum Gasteiger partial charge on any atom is 0.193 e. The Bertz CT molecular complexity index is 553. The number of nitrogens with one attached hydrogen (secondary N) is 1. The van der Waals surface area contributed by atoms with Crippen molar-refractivity contribution in [2.75, 3.05) is 71.6 Å². The van der Waals surface area contributed by atoms with Crippen LogP contribution in [0.3, 0.4) is 0 Å². The quantitative estimate of drug-likeness (QED) is 0.338. The molecule has 0 spiro atoms. The summed E-state index contributed by atoms with van der Waals surface area (Å²) in [7, 11) is 3.86. The number of para-hydroxylation sites is 1. The van der Waals surface area contributed by atoms with Crippen LogP contribution in [0.4, 0.5) is 5.69 Å². The zero-order valence-electron chi connectivity index (χ0n) is 17.9. The van der Waals surface area contributed by atoms with Gasteiger partial charge < -0.3 is 24.6 Å². The minimum atomic E-state index is 0.584. The molecule has 1 aliphatic rings. The molecule has 6 heteroatoms. The summed E-state index contributed by atoms with van der Waals surface area (Å²) in [4.78, 5) is 9.55. The molecular weight excluding hydrogens is 352 g/mol. The Balaban J connectivity index is 1.69. The van der Waals surface area contributed by atoms with Crippen LogP contribution < -0.4 is 10.2 Å². The van der Waals surface area contributed by atoms with Crippen molar-refractivity contribution in [3.8, 4) is 0 Å². The van der Waals surface area contributed by atoms with Crippen molar-refractivity contribution in [1.82, 2.24) is 10.2 Å². The van der Waals surface area contributed by atoms with E-state index in [0.29, 0.717) is 19.1 Å². The molecule has 2 rings (SSSR count). The van der Waals surface area contributed by atoms with Crippen molar-refractivity contribution in [3.05, 3.63) is 30.3 Å². The standard InChI is InChI=1S/C22H38N4O2/c1-4-23-22(26-15-12-20(18-26)19-28-17-16-27-3)24-13-8-9-14-25(2)21-10-6-5-7-11-21/h5-7,10-11,20H,4,8-9,12-19H2,1-3H3,(H,23,24). The van der Waals surface area contributed by atoms with Gasteiger partial charge in [0, 0.05) is 58.5 Å². The lowest BCUT2D eigenvalue weighted by atomic mass is 10.1. The summed E-state index contributed by atoms with van der Waals surface area (Å²) >= 11 is 0. The van der Waals surface area contributed by atoms with Crippen LogP contribution in [0, 0.1) is 5.92 Å². The first kappa shape index (κ1) is 22.5. The molecule has 0 bridgehead atoms. The molecule has 158 valence electrons. The zero-order valence-corrected chi connectivity index (χ0v) is 17.9. The number of nitrogens with zero attached hydrogens (tertiary/aromatic N) is 3. The molecule has 1 aromatic carbocycles. The van der Waals surface area contributed by atoms with Crippen LogP contribution in [0.15, 0.2) is 35.3 Å². The Morgan fingerprint density at radius 1 is 1.25 bits per heavy atom. The van der Waals surface area contributed by atoms with Crippen LogP contribution in [0.5, 0.6) is 0 Å². The number of benzene rings is 1. The number of guanidine groups is 1. The molecule has 0 saturated carbocycles. The summed E-state index contributed by atoms with van der Waals surface area (Å²) < 4.78 is 10.7. The van der Waals surface area contributed by atoms with Gasteiger partial charge in [0.2, 0.25) is 0 Å². The molecular formula is C22H38N4O2. The number of aliphatic imine (C=N–C) groups is 1. The fraction of sp³-hybridized carbons (Fsp3) is 0.682. The van der Waals surface area contributed by atoms with Crippen molar-refractivity contribution in [2.24, 2.45) is 10.9 Å². The fourth-order valence-electron chi connectivity index (χ4n) is 3.44. The minimum Gasteiger partial charge on any atom is -0.382 e. The van der Waals surface area contributed by atoms with E-state index in [0.717, 1.165) is 58.1 Å². The number of ether oxygens (including phenoxy) is 2. The highest BCUT2D eigenvalue weighted by Gasteiger charge is 2.24. The molecule has 6 nitrogen and oxygen atoms in total. The molecule has 0 aromatic heterocycles. The summed E-state index contributed by atoms with van der Waals surface area (Å²) in [6, 6.07) is 10.5. The van der Waals surface area contributed by atoms with Crippen LogP contribution in [0.25, 0.3) is 0 Å². The molecule has 1 unspecified atom stereocenters. The van der Waals surface area contributed by atoms with E-state index in [9.17, 15) is 0 Å². The molecule has 1 aliphatic heterocycles. The van der Waals surface area contributed by atoms with Gasteiger partial charge in [-0.2, -0.15) is 0 Å². The summed E-state index contributed by atoms with van der Waals surface area (Å²) in [5, 5.41) is 3.45. The highest BCUT2D eigenvalue weighted by molar-refractivity contribution is 5.80. The number of hydrogen-bond acceptors (Lipinski definition) is 4. The lowest BCUT2D eigenvalue weighted by Crippen LogP contribution is -2.40. The Morgan fingerprint density at radius 2 is 2.07 bits per heavy atom. The maximum absolute atomic E-state index is 5.70. The van der Waals surface area contributed by atoms with Gasteiger partial charge in [-0.05, 0) is 38.3 Å². The van der Waals surface area contributed by atoms with Crippen molar-refractivity contribution in [1.29, 1.82) is 0 Å². The molecule has 1 heterocycles. The van der Waals surface area contributed by atoms with E-state index in [4.69, 9.17) is 14.5 Å². The van der Waals surface area contributed by atoms with Crippen LogP contribution in [-0.4, -0.2) is 77.6 Å². The largest absolute Gasteiger partial charge is 0.382 e. The van der Waals surface area contributed by atoms with Gasteiger partial charge in [0.1, 0.15) is 0 Å². The third kappa shape index (κ3) is 8.07. The van der Waals surface area contributed by atoms with Gasteiger partial charge in [-0.25, -0.2) is 0 Å². The molecule has 1 N–H and O–H groups in total. The predicted octanol–water partition coefficient (Wildman–Crippen LogP) is 2.85. The van der Waals surface area contributed by atoms with E-state index in [1.54, 1.807) is 7.11 Å². The van der Waals surface area contributed by atoms with Gasteiger partial charge >= 0.3 is 0 Å². The Kier molecular flexibility index (Phi) is 10.8. The number of methoxy groups -OCH3 is 1. The molecule has 1 saturated heterocycles. The summed E-state index contributed by atoms with van der Waals surface area (Å²) in [6.07, 6.45) is 3.41. The molecule has 28 heavy (non-hydrogen) atoms. The first-order chi connectivity index (χ1) is 13.7. The lowest BCUT2D eigenvalue weighted by Gasteiger charge is -2.22. The van der Waals surface area contributed by atoms with Gasteiger partial charge in [0.05, 0.1) is 19.8 Å². The van der Waals surface area contributed by atoms with Crippen LogP contribution in [0.2, 0.25) is 0 Å². The van der Waals surface area contributed by atoms with Gasteiger partial charge in [-0.3, -0.25) is 4.99 Å². The second-order valence-electron chi connectivity index (χ2n) is 7.37. The average molecular weight is 391 g/mol. The first-order valence-corrected chi connectivity index (χ1v) is 10.6. The molecule has 1 atom stereocenters. The van der Waals surface area contributed by atoms with Crippen molar-refractivity contribution < 1.29 is 9.47 Å². The van der Waals surface area contributed by atoms with E-state index in [1.165, 1.54) is 12.1 Å². The van der Waals surface area contributed by atoms with Crippen molar-refractivity contribution in [2.45, 2.75) is 26.2 Å². The van der Waals surface area contributed by atoms with Crippen molar-refractivity contribution >= 4 is 11.6 Å². The van der Waals surface area contributed by atoms with Gasteiger partial charge in [0.15, 0.2) is 5.96 Å². The Morgan fingerprint density at radius 3 is 2.82 bits per heavy atom. The molecule has 0 aliphatic carbocycles. The summed E-state index contributed by atoms with van der Waals surface area (Å²) in [5.74, 6) is 1.64. The Labute approximate surface area is 170 Å². The van der Waals surface area contributed by atoms with Gasteiger partial charge in [0.25, 0.3) is 0 Å². The van der Waals surface area contributed by atoms with E-state index >= 15 is 0 Å². The maximum atomic E-state index is 5.70. The predicted molar refractivity (Wildman–Crippen MR) is 117 cm³/mol. The summed E-state index contributed by atoms with van der Waals surface area (Å²) in [5.41, 5.74) is 1.27. The molecule has 1 aromatic rings. The number of likely N-dealkylation sites (tertiary alicyclic amines) is 1. The van der Waals surface area contributed by atoms with Crippen LogP contribution in [0.1, 0.15) is 26.2 Å². The Hall–Kier alpha value is -1.79. The molecule has 0 amide bonds. The van der Waals surface area contributed by atoms with Crippen LogP contribution >= 0.6 is 0 Å². The second-order valence-corrected chi connectivity index (χ2v) is 7.37. The van der Waals surface area contributed by atoms with E-state index in [1.807, 2.05) is 0 Å². The molecule has 0 radical (unpaired) electrons. The smallest absolute Gasteiger partial charge is 0.193 e. The number of anilines is 1. The normalized spacial score (nSPS) is 17.2. The SMILES string of the molecule is CCNC(=NCCCCN(C)c1ccccc1)N1CCC(COCCOC)C1. The van der Waals surface area contributed by atoms with E-state index < -0.39 is 0 Å². The zero-order chi connectivity index (χ0) is 20.0. The fourth-order valence-corrected chi connectivity index (χ4v) is 3.44. The van der Waals surface area contributed by atoms with E-state index in [-0.39, 0.29) is 0 Å². The molecule has 1 fully saturated rings. The topological polar surface area (TPSA) is 49.3 Å². The monoisotopic (exact) mass is 390 g/mol. The van der Waals surface area contributed by atoms with E-state index in [2.05, 4.69) is 59.4 Å². The van der Waals surface area contributed by atoms with Gasteiger partial charge in [-0.1, -0.05) is 18.2 Å². The average Bonchev–Trinajstić information content (AvgIpc) is 3.19. The number of unbranched alkanes of at least 4 members (excludes halogenated alkanes) is 1. The number of hydrogen-bond donors (Lipinski definition) is 1.